The SMILES string of the molecule is N[C@@H](C(=O)NCCc1ccc(Cl)cc1)c1ccccc1. The smallest absolute Gasteiger partial charge is 0.241 e. The maximum absolute atomic E-state index is 11.9. The van der Waals surface area contributed by atoms with Crippen LogP contribution >= 0.6 is 11.6 Å². The van der Waals surface area contributed by atoms with Crippen LogP contribution in [0.25, 0.3) is 0 Å². The lowest BCUT2D eigenvalue weighted by atomic mass is 10.1. The zero-order chi connectivity index (χ0) is 14.4. The number of benzene rings is 2. The van der Waals surface area contributed by atoms with Crippen molar-refractivity contribution in [3.8, 4) is 0 Å². The van der Waals surface area contributed by atoms with E-state index in [0.717, 1.165) is 17.5 Å². The molecule has 0 aliphatic carbocycles. The third kappa shape index (κ3) is 4.08. The summed E-state index contributed by atoms with van der Waals surface area (Å²) >= 11 is 5.82. The summed E-state index contributed by atoms with van der Waals surface area (Å²) in [5.41, 5.74) is 7.85. The second-order valence-corrected chi connectivity index (χ2v) is 4.99. The molecule has 0 aliphatic heterocycles. The van der Waals surface area contributed by atoms with E-state index >= 15 is 0 Å². The van der Waals surface area contributed by atoms with E-state index in [0.29, 0.717) is 11.6 Å². The summed E-state index contributed by atoms with van der Waals surface area (Å²) in [5.74, 6) is -0.162. The first-order chi connectivity index (χ1) is 9.66. The average Bonchev–Trinajstić information content (AvgIpc) is 2.49. The van der Waals surface area contributed by atoms with Gasteiger partial charge in [0.05, 0.1) is 0 Å². The zero-order valence-electron chi connectivity index (χ0n) is 11.1. The minimum Gasteiger partial charge on any atom is -0.354 e. The van der Waals surface area contributed by atoms with Gasteiger partial charge in [-0.3, -0.25) is 4.79 Å². The Kier molecular flexibility index (Phi) is 5.16. The van der Waals surface area contributed by atoms with Crippen molar-refractivity contribution in [1.29, 1.82) is 0 Å². The number of carbonyl (C=O) groups excluding carboxylic acids is 1. The normalized spacial score (nSPS) is 11.9. The summed E-state index contributed by atoms with van der Waals surface area (Å²) in [6, 6.07) is 16.3. The van der Waals surface area contributed by atoms with E-state index in [4.69, 9.17) is 17.3 Å². The zero-order valence-corrected chi connectivity index (χ0v) is 11.8. The van der Waals surface area contributed by atoms with Crippen molar-refractivity contribution in [3.05, 3.63) is 70.7 Å². The van der Waals surface area contributed by atoms with Gasteiger partial charge in [0.2, 0.25) is 5.91 Å². The number of carbonyl (C=O) groups is 1. The summed E-state index contributed by atoms with van der Waals surface area (Å²) in [6.07, 6.45) is 0.754. The molecule has 0 fully saturated rings. The molecule has 20 heavy (non-hydrogen) atoms. The number of nitrogens with one attached hydrogen (secondary N) is 1. The highest BCUT2D eigenvalue weighted by atomic mass is 35.5. The van der Waals surface area contributed by atoms with Crippen molar-refractivity contribution >= 4 is 17.5 Å². The molecule has 0 bridgehead atoms. The van der Waals surface area contributed by atoms with Crippen molar-refractivity contribution in [2.24, 2.45) is 5.73 Å². The molecule has 0 radical (unpaired) electrons. The van der Waals surface area contributed by atoms with Gasteiger partial charge < -0.3 is 11.1 Å². The molecule has 2 aromatic carbocycles. The first kappa shape index (κ1) is 14.6. The van der Waals surface area contributed by atoms with Crippen LogP contribution in [-0.4, -0.2) is 12.5 Å². The van der Waals surface area contributed by atoms with Crippen LogP contribution in [0.3, 0.4) is 0 Å². The second-order valence-electron chi connectivity index (χ2n) is 4.56. The average molecular weight is 289 g/mol. The Balaban J connectivity index is 1.82. The number of hydrogen-bond acceptors (Lipinski definition) is 2. The summed E-state index contributed by atoms with van der Waals surface area (Å²) in [7, 11) is 0. The molecule has 2 aromatic rings. The van der Waals surface area contributed by atoms with Crippen LogP contribution in [0.15, 0.2) is 54.6 Å². The molecule has 3 nitrogen and oxygen atoms in total. The maximum Gasteiger partial charge on any atom is 0.241 e. The van der Waals surface area contributed by atoms with E-state index in [2.05, 4.69) is 5.32 Å². The van der Waals surface area contributed by atoms with Gasteiger partial charge in [-0.05, 0) is 29.7 Å². The standard InChI is InChI=1S/C16H17ClN2O/c17-14-8-6-12(7-9-14)10-11-19-16(20)15(18)13-4-2-1-3-5-13/h1-9,15H,10-11,18H2,(H,19,20)/t15-/m1/s1. The van der Waals surface area contributed by atoms with Gasteiger partial charge in [-0.2, -0.15) is 0 Å². The van der Waals surface area contributed by atoms with Crippen LogP contribution in [0.4, 0.5) is 0 Å². The maximum atomic E-state index is 11.9. The highest BCUT2D eigenvalue weighted by Gasteiger charge is 2.14. The minimum atomic E-state index is -0.624. The van der Waals surface area contributed by atoms with Gasteiger partial charge in [-0.15, -0.1) is 0 Å². The van der Waals surface area contributed by atoms with Gasteiger partial charge in [0.15, 0.2) is 0 Å². The van der Waals surface area contributed by atoms with Crippen molar-refractivity contribution in [1.82, 2.24) is 5.32 Å². The van der Waals surface area contributed by atoms with Crippen molar-refractivity contribution in [2.45, 2.75) is 12.5 Å². The Morgan fingerprint density at radius 2 is 1.75 bits per heavy atom. The number of hydrogen-bond donors (Lipinski definition) is 2. The molecule has 1 atom stereocenters. The Morgan fingerprint density at radius 3 is 2.40 bits per heavy atom. The molecule has 3 N–H and O–H groups in total. The molecule has 0 spiro atoms. The Morgan fingerprint density at radius 1 is 1.10 bits per heavy atom. The molecule has 0 saturated carbocycles. The van der Waals surface area contributed by atoms with E-state index in [1.807, 2.05) is 54.6 Å². The van der Waals surface area contributed by atoms with Crippen molar-refractivity contribution in [3.63, 3.8) is 0 Å². The first-order valence-corrected chi connectivity index (χ1v) is 6.87. The fraction of sp³-hybridized carbons (Fsp3) is 0.188. The van der Waals surface area contributed by atoms with Gasteiger partial charge in [-0.1, -0.05) is 54.1 Å². The molecule has 104 valence electrons. The number of amides is 1. The quantitative estimate of drug-likeness (QED) is 0.889. The van der Waals surface area contributed by atoms with Gasteiger partial charge in [0, 0.05) is 11.6 Å². The van der Waals surface area contributed by atoms with Crippen LogP contribution in [0.5, 0.6) is 0 Å². The van der Waals surface area contributed by atoms with Gasteiger partial charge in [0.1, 0.15) is 6.04 Å². The largest absolute Gasteiger partial charge is 0.354 e. The van der Waals surface area contributed by atoms with E-state index in [1.165, 1.54) is 0 Å². The number of rotatable bonds is 5. The molecule has 1 amide bonds. The fourth-order valence-electron chi connectivity index (χ4n) is 1.90. The van der Waals surface area contributed by atoms with Crippen LogP contribution in [-0.2, 0) is 11.2 Å². The highest BCUT2D eigenvalue weighted by molar-refractivity contribution is 6.30. The highest BCUT2D eigenvalue weighted by Crippen LogP contribution is 2.11. The summed E-state index contributed by atoms with van der Waals surface area (Å²) in [6.45, 7) is 0.557. The predicted octanol–water partition coefficient (Wildman–Crippen LogP) is 2.70. The van der Waals surface area contributed by atoms with E-state index in [-0.39, 0.29) is 5.91 Å². The molecular weight excluding hydrogens is 272 g/mol. The second kappa shape index (κ2) is 7.08. The Hall–Kier alpha value is -1.84. The fourth-order valence-corrected chi connectivity index (χ4v) is 2.03. The third-order valence-electron chi connectivity index (χ3n) is 3.07. The Bertz CT molecular complexity index is 554. The summed E-state index contributed by atoms with van der Waals surface area (Å²) in [4.78, 5) is 11.9. The molecule has 0 aliphatic rings. The van der Waals surface area contributed by atoms with E-state index in [9.17, 15) is 4.79 Å². The van der Waals surface area contributed by atoms with Crippen molar-refractivity contribution in [2.75, 3.05) is 6.54 Å². The molecule has 4 heteroatoms. The molecule has 2 rings (SSSR count). The van der Waals surface area contributed by atoms with Crippen LogP contribution in [0.1, 0.15) is 17.2 Å². The molecule has 0 heterocycles. The Labute approximate surface area is 123 Å². The first-order valence-electron chi connectivity index (χ1n) is 6.49. The molecular formula is C16H17ClN2O. The topological polar surface area (TPSA) is 55.1 Å². The van der Waals surface area contributed by atoms with Gasteiger partial charge in [-0.25, -0.2) is 0 Å². The molecule has 0 unspecified atom stereocenters. The molecule has 0 saturated heterocycles. The lowest BCUT2D eigenvalue weighted by Gasteiger charge is -2.12. The van der Waals surface area contributed by atoms with Gasteiger partial charge in [0.25, 0.3) is 0 Å². The number of halogens is 1. The lowest BCUT2D eigenvalue weighted by Crippen LogP contribution is -2.35. The van der Waals surface area contributed by atoms with Gasteiger partial charge >= 0.3 is 0 Å². The summed E-state index contributed by atoms with van der Waals surface area (Å²) in [5, 5.41) is 3.56. The number of nitrogens with two attached hydrogens (primary N) is 1. The minimum absolute atomic E-state index is 0.162. The van der Waals surface area contributed by atoms with Crippen LogP contribution in [0, 0.1) is 0 Å². The van der Waals surface area contributed by atoms with Crippen molar-refractivity contribution < 1.29 is 4.79 Å². The predicted molar refractivity (Wildman–Crippen MR) is 81.5 cm³/mol. The summed E-state index contributed by atoms with van der Waals surface area (Å²) < 4.78 is 0. The van der Waals surface area contributed by atoms with E-state index < -0.39 is 6.04 Å². The van der Waals surface area contributed by atoms with E-state index in [1.54, 1.807) is 0 Å². The monoisotopic (exact) mass is 288 g/mol. The van der Waals surface area contributed by atoms with Crippen LogP contribution in [0.2, 0.25) is 5.02 Å². The van der Waals surface area contributed by atoms with Crippen LogP contribution < -0.4 is 11.1 Å². The molecule has 0 aromatic heterocycles. The lowest BCUT2D eigenvalue weighted by molar-refractivity contribution is -0.122. The third-order valence-corrected chi connectivity index (χ3v) is 3.32.